The van der Waals surface area contributed by atoms with Crippen LogP contribution >= 0.6 is 11.8 Å². The standard InChI is InChI=1S/C23H24N6OS/c1-16-12-23(15-30-16)4-9-28(10-5-23)22-27-14-20(21-26-8-11-29(21)22)31-19-3-7-25-18-13-24-6-2-17(18)19/h2-3,6-8,11,13-14,16H,4-5,9-10,12,15H2,1H3/t16-/m0/s1. The van der Waals surface area contributed by atoms with Gasteiger partial charge in [-0.25, -0.2) is 9.97 Å². The molecule has 31 heavy (non-hydrogen) atoms. The summed E-state index contributed by atoms with van der Waals surface area (Å²) in [7, 11) is 0. The highest BCUT2D eigenvalue weighted by atomic mass is 32.2. The Hall–Kier alpha value is -2.71. The van der Waals surface area contributed by atoms with E-state index in [4.69, 9.17) is 9.72 Å². The number of pyridine rings is 2. The van der Waals surface area contributed by atoms with Crippen LogP contribution in [0.15, 0.2) is 59.1 Å². The minimum absolute atomic E-state index is 0.358. The molecule has 2 aliphatic heterocycles. The summed E-state index contributed by atoms with van der Waals surface area (Å²) in [5.74, 6) is 0.974. The van der Waals surface area contributed by atoms with Gasteiger partial charge in [0.25, 0.3) is 0 Å². The maximum Gasteiger partial charge on any atom is 0.211 e. The number of aromatic nitrogens is 5. The molecule has 0 amide bonds. The lowest BCUT2D eigenvalue weighted by Crippen LogP contribution is -2.41. The number of piperidine rings is 1. The summed E-state index contributed by atoms with van der Waals surface area (Å²) in [6, 6.07) is 4.04. The predicted octanol–water partition coefficient (Wildman–Crippen LogP) is 4.22. The Morgan fingerprint density at radius 3 is 2.77 bits per heavy atom. The first-order chi connectivity index (χ1) is 15.2. The molecule has 2 aliphatic rings. The fourth-order valence-corrected chi connectivity index (χ4v) is 5.94. The van der Waals surface area contributed by atoms with Gasteiger partial charge in [-0.2, -0.15) is 0 Å². The molecule has 6 heterocycles. The van der Waals surface area contributed by atoms with Gasteiger partial charge in [-0.05, 0) is 43.7 Å². The Kier molecular flexibility index (Phi) is 4.57. The van der Waals surface area contributed by atoms with Gasteiger partial charge in [0.05, 0.1) is 29.3 Å². The molecule has 2 fully saturated rings. The highest BCUT2D eigenvalue weighted by Crippen LogP contribution is 2.43. The van der Waals surface area contributed by atoms with Crippen molar-refractivity contribution in [1.82, 2.24) is 24.3 Å². The van der Waals surface area contributed by atoms with Gasteiger partial charge in [0.15, 0.2) is 5.65 Å². The van der Waals surface area contributed by atoms with E-state index in [1.54, 1.807) is 24.2 Å². The molecule has 8 heteroatoms. The molecule has 0 N–H and O–H groups in total. The molecular formula is C23H24N6OS. The molecule has 6 rings (SSSR count). The average Bonchev–Trinajstić information content (AvgIpc) is 3.43. The van der Waals surface area contributed by atoms with Gasteiger partial charge in [-0.3, -0.25) is 14.4 Å². The zero-order valence-electron chi connectivity index (χ0n) is 17.4. The SMILES string of the molecule is C[C@H]1CC2(CCN(c3ncc(Sc4ccnc5cnccc45)c4nccn34)CC2)CO1. The van der Waals surface area contributed by atoms with Crippen molar-refractivity contribution in [3.05, 3.63) is 49.3 Å². The summed E-state index contributed by atoms with van der Waals surface area (Å²) in [4.78, 5) is 22.7. The summed E-state index contributed by atoms with van der Waals surface area (Å²) in [5, 5.41) is 1.09. The molecule has 1 atom stereocenters. The number of ether oxygens (including phenoxy) is 1. The van der Waals surface area contributed by atoms with Gasteiger partial charge in [0.2, 0.25) is 5.95 Å². The van der Waals surface area contributed by atoms with Crippen molar-refractivity contribution in [2.24, 2.45) is 5.41 Å². The molecular weight excluding hydrogens is 408 g/mol. The number of anilines is 1. The third-order valence-electron chi connectivity index (χ3n) is 6.60. The van der Waals surface area contributed by atoms with E-state index in [0.29, 0.717) is 11.5 Å². The molecule has 2 saturated heterocycles. The second-order valence-electron chi connectivity index (χ2n) is 8.66. The van der Waals surface area contributed by atoms with Gasteiger partial charge < -0.3 is 9.64 Å². The van der Waals surface area contributed by atoms with Crippen molar-refractivity contribution in [1.29, 1.82) is 0 Å². The lowest BCUT2D eigenvalue weighted by atomic mass is 9.77. The number of imidazole rings is 1. The number of nitrogens with zero attached hydrogens (tertiary/aromatic N) is 6. The minimum atomic E-state index is 0.358. The van der Waals surface area contributed by atoms with Crippen LogP contribution in [0, 0.1) is 5.41 Å². The molecule has 0 aromatic carbocycles. The Morgan fingerprint density at radius 1 is 1.03 bits per heavy atom. The van der Waals surface area contributed by atoms with Crippen molar-refractivity contribution < 1.29 is 4.74 Å². The number of fused-ring (bicyclic) bond motifs is 2. The van der Waals surface area contributed by atoms with Crippen molar-refractivity contribution in [3.8, 4) is 0 Å². The maximum atomic E-state index is 5.89. The molecule has 0 bridgehead atoms. The Labute approximate surface area is 184 Å². The van der Waals surface area contributed by atoms with Crippen LogP contribution in [0.4, 0.5) is 5.95 Å². The molecule has 4 aromatic heterocycles. The van der Waals surface area contributed by atoms with Crippen LogP contribution in [0.25, 0.3) is 16.6 Å². The van der Waals surface area contributed by atoms with E-state index in [9.17, 15) is 0 Å². The van der Waals surface area contributed by atoms with Gasteiger partial charge in [-0.1, -0.05) is 11.8 Å². The second kappa shape index (κ2) is 7.46. The Morgan fingerprint density at radius 2 is 1.94 bits per heavy atom. The molecule has 0 unspecified atom stereocenters. The van der Waals surface area contributed by atoms with Crippen molar-refractivity contribution in [2.75, 3.05) is 24.6 Å². The van der Waals surface area contributed by atoms with Gasteiger partial charge in [0, 0.05) is 54.4 Å². The second-order valence-corrected chi connectivity index (χ2v) is 9.74. The lowest BCUT2D eigenvalue weighted by molar-refractivity contribution is 0.0975. The Balaban J connectivity index is 1.29. The van der Waals surface area contributed by atoms with Crippen LogP contribution in [0.5, 0.6) is 0 Å². The number of rotatable bonds is 3. The minimum Gasteiger partial charge on any atom is -0.378 e. The predicted molar refractivity (Wildman–Crippen MR) is 121 cm³/mol. The zero-order valence-corrected chi connectivity index (χ0v) is 18.3. The maximum absolute atomic E-state index is 5.89. The first-order valence-corrected chi connectivity index (χ1v) is 11.6. The van der Waals surface area contributed by atoms with Crippen molar-refractivity contribution in [3.63, 3.8) is 0 Å². The monoisotopic (exact) mass is 432 g/mol. The lowest BCUT2D eigenvalue weighted by Gasteiger charge is -2.39. The van der Waals surface area contributed by atoms with Crippen LogP contribution in [-0.2, 0) is 4.74 Å². The summed E-state index contributed by atoms with van der Waals surface area (Å²) < 4.78 is 8.01. The molecule has 1 spiro atoms. The third kappa shape index (κ3) is 3.34. The normalized spacial score (nSPS) is 20.8. The van der Waals surface area contributed by atoms with Gasteiger partial charge >= 0.3 is 0 Å². The van der Waals surface area contributed by atoms with Crippen LogP contribution < -0.4 is 4.90 Å². The molecule has 7 nitrogen and oxygen atoms in total. The van der Waals surface area contributed by atoms with E-state index in [0.717, 1.165) is 64.8 Å². The molecule has 158 valence electrons. The van der Waals surface area contributed by atoms with E-state index in [2.05, 4.69) is 31.2 Å². The van der Waals surface area contributed by atoms with Crippen molar-refractivity contribution >= 4 is 34.3 Å². The van der Waals surface area contributed by atoms with Crippen molar-refractivity contribution in [2.45, 2.75) is 42.1 Å². The van der Waals surface area contributed by atoms with Crippen LogP contribution in [0.2, 0.25) is 0 Å². The first kappa shape index (κ1) is 19.0. The van der Waals surface area contributed by atoms with Crippen LogP contribution in [-0.4, -0.2) is 50.1 Å². The fraction of sp³-hybridized carbons (Fsp3) is 0.391. The molecule has 0 aliphatic carbocycles. The molecule has 4 aromatic rings. The topological polar surface area (TPSA) is 68.4 Å². The summed E-state index contributed by atoms with van der Waals surface area (Å²) in [6.07, 6.45) is 15.1. The van der Waals surface area contributed by atoms with E-state index in [1.165, 1.54) is 6.42 Å². The third-order valence-corrected chi connectivity index (χ3v) is 7.68. The van der Waals surface area contributed by atoms with E-state index in [1.807, 2.05) is 36.9 Å². The fourth-order valence-electron chi connectivity index (χ4n) is 4.95. The highest BCUT2D eigenvalue weighted by Gasteiger charge is 2.41. The smallest absolute Gasteiger partial charge is 0.211 e. The number of hydrogen-bond donors (Lipinski definition) is 0. The summed E-state index contributed by atoms with van der Waals surface area (Å²) >= 11 is 1.67. The van der Waals surface area contributed by atoms with Crippen LogP contribution in [0.1, 0.15) is 26.2 Å². The highest BCUT2D eigenvalue weighted by molar-refractivity contribution is 7.99. The summed E-state index contributed by atoms with van der Waals surface area (Å²) in [6.45, 7) is 5.10. The van der Waals surface area contributed by atoms with Gasteiger partial charge in [0.1, 0.15) is 0 Å². The molecule has 0 radical (unpaired) electrons. The quantitative estimate of drug-likeness (QED) is 0.480. The largest absolute Gasteiger partial charge is 0.378 e. The van der Waals surface area contributed by atoms with E-state index >= 15 is 0 Å². The Bertz CT molecular complexity index is 1240. The summed E-state index contributed by atoms with van der Waals surface area (Å²) in [5.41, 5.74) is 2.19. The van der Waals surface area contributed by atoms with E-state index in [-0.39, 0.29) is 0 Å². The zero-order chi connectivity index (χ0) is 20.8. The molecule has 0 saturated carbocycles. The van der Waals surface area contributed by atoms with E-state index < -0.39 is 0 Å². The first-order valence-electron chi connectivity index (χ1n) is 10.8. The number of hydrogen-bond acceptors (Lipinski definition) is 7. The van der Waals surface area contributed by atoms with Crippen LogP contribution in [0.3, 0.4) is 0 Å². The average molecular weight is 433 g/mol. The van der Waals surface area contributed by atoms with Gasteiger partial charge in [-0.15, -0.1) is 0 Å².